The van der Waals surface area contributed by atoms with Crippen LogP contribution in [0.15, 0.2) is 36.0 Å². The number of hydrogen-bond acceptors (Lipinski definition) is 5. The topological polar surface area (TPSA) is 63.8 Å². The Kier molecular flexibility index (Phi) is 2.70. The van der Waals surface area contributed by atoms with Crippen LogP contribution in [-0.4, -0.2) is 9.97 Å². The molecule has 18 heavy (non-hydrogen) atoms. The molecule has 0 aliphatic rings. The van der Waals surface area contributed by atoms with E-state index in [4.69, 9.17) is 5.84 Å². The smallest absolute Gasteiger partial charge is 0.152 e. The van der Waals surface area contributed by atoms with Gasteiger partial charge in [0.05, 0.1) is 5.39 Å². The highest BCUT2D eigenvalue weighted by atomic mass is 32.1. The van der Waals surface area contributed by atoms with Crippen molar-refractivity contribution in [1.29, 1.82) is 0 Å². The number of nitrogens with zero attached hydrogens (tertiary/aromatic N) is 2. The van der Waals surface area contributed by atoms with Gasteiger partial charge in [0.1, 0.15) is 11.2 Å². The third-order valence-electron chi connectivity index (χ3n) is 2.87. The normalized spacial score (nSPS) is 10.8. The molecule has 0 radical (unpaired) electrons. The molecule has 0 aliphatic carbocycles. The van der Waals surface area contributed by atoms with E-state index in [1.807, 2.05) is 0 Å². The summed E-state index contributed by atoms with van der Waals surface area (Å²) < 4.78 is 0. The second-order valence-electron chi connectivity index (χ2n) is 4.06. The van der Waals surface area contributed by atoms with Crippen molar-refractivity contribution in [1.82, 2.24) is 9.97 Å². The standard InChI is InChI=1S/C13H12N4S/c1-8-2-4-9(5-3-8)10-6-18-13-11(10)12(17-14)15-7-16-13/h2-7H,14H2,1H3,(H,15,16,17). The first-order valence-corrected chi connectivity index (χ1v) is 6.43. The second kappa shape index (κ2) is 4.36. The minimum atomic E-state index is 0.664. The quantitative estimate of drug-likeness (QED) is 0.546. The Balaban J connectivity index is 2.26. The predicted octanol–water partition coefficient (Wildman–Crippen LogP) is 2.95. The van der Waals surface area contributed by atoms with Gasteiger partial charge in [-0.2, -0.15) is 0 Å². The molecule has 3 N–H and O–H groups in total. The number of fused-ring (bicyclic) bond motifs is 1. The van der Waals surface area contributed by atoms with Crippen LogP contribution in [0.25, 0.3) is 21.3 Å². The van der Waals surface area contributed by atoms with E-state index in [9.17, 15) is 0 Å². The number of nitrogens with two attached hydrogens (primary N) is 1. The van der Waals surface area contributed by atoms with Gasteiger partial charge in [-0.1, -0.05) is 29.8 Å². The van der Waals surface area contributed by atoms with Gasteiger partial charge in [-0.25, -0.2) is 15.8 Å². The molecule has 0 bridgehead atoms. The summed E-state index contributed by atoms with van der Waals surface area (Å²) in [5, 5.41) is 3.07. The van der Waals surface area contributed by atoms with Gasteiger partial charge in [-0.3, -0.25) is 0 Å². The maximum absolute atomic E-state index is 5.51. The minimum absolute atomic E-state index is 0.664. The third-order valence-corrected chi connectivity index (χ3v) is 3.76. The van der Waals surface area contributed by atoms with Gasteiger partial charge in [0, 0.05) is 10.9 Å². The molecule has 1 aromatic carbocycles. The number of aromatic nitrogens is 2. The van der Waals surface area contributed by atoms with E-state index < -0.39 is 0 Å². The molecule has 0 unspecified atom stereocenters. The molecule has 2 heterocycles. The number of nitrogens with one attached hydrogen (secondary N) is 1. The molecule has 0 saturated carbocycles. The number of aryl methyl sites for hydroxylation is 1. The highest BCUT2D eigenvalue weighted by Crippen LogP contribution is 2.36. The lowest BCUT2D eigenvalue weighted by atomic mass is 10.0. The molecule has 0 fully saturated rings. The molecule has 90 valence electrons. The summed E-state index contributed by atoms with van der Waals surface area (Å²) in [5.41, 5.74) is 6.14. The minimum Gasteiger partial charge on any atom is -0.308 e. The number of benzene rings is 1. The van der Waals surface area contributed by atoms with E-state index in [-0.39, 0.29) is 0 Å². The molecule has 0 spiro atoms. The fraction of sp³-hybridized carbons (Fsp3) is 0.0769. The van der Waals surface area contributed by atoms with Crippen molar-refractivity contribution in [3.05, 3.63) is 41.5 Å². The lowest BCUT2D eigenvalue weighted by molar-refractivity contribution is 1.19. The monoisotopic (exact) mass is 256 g/mol. The van der Waals surface area contributed by atoms with Gasteiger partial charge in [-0.05, 0) is 12.5 Å². The van der Waals surface area contributed by atoms with Gasteiger partial charge in [0.15, 0.2) is 5.82 Å². The fourth-order valence-corrected chi connectivity index (χ4v) is 2.85. The molecule has 0 amide bonds. The third kappa shape index (κ3) is 1.73. The summed E-state index contributed by atoms with van der Waals surface area (Å²) in [7, 11) is 0. The Labute approximate surface area is 108 Å². The van der Waals surface area contributed by atoms with Crippen molar-refractivity contribution in [2.75, 3.05) is 5.43 Å². The lowest BCUT2D eigenvalue weighted by Crippen LogP contribution is -2.08. The van der Waals surface area contributed by atoms with E-state index in [2.05, 4.69) is 52.0 Å². The maximum atomic E-state index is 5.51. The van der Waals surface area contributed by atoms with Crippen LogP contribution in [0.1, 0.15) is 5.56 Å². The van der Waals surface area contributed by atoms with Crippen molar-refractivity contribution < 1.29 is 0 Å². The van der Waals surface area contributed by atoms with E-state index in [1.165, 1.54) is 11.9 Å². The molecule has 0 atom stereocenters. The number of hydrogen-bond donors (Lipinski definition) is 2. The Morgan fingerprint density at radius 2 is 1.94 bits per heavy atom. The second-order valence-corrected chi connectivity index (χ2v) is 4.92. The van der Waals surface area contributed by atoms with Gasteiger partial charge in [0.25, 0.3) is 0 Å². The largest absolute Gasteiger partial charge is 0.308 e. The Hall–Kier alpha value is -1.98. The molecule has 3 rings (SSSR count). The maximum Gasteiger partial charge on any atom is 0.152 e. The number of hydrazine groups is 1. The summed E-state index contributed by atoms with van der Waals surface area (Å²) in [5.74, 6) is 6.17. The average molecular weight is 256 g/mol. The average Bonchev–Trinajstić information content (AvgIpc) is 2.83. The Bertz CT molecular complexity index is 688. The first-order valence-electron chi connectivity index (χ1n) is 5.55. The number of anilines is 1. The molecule has 0 aliphatic heterocycles. The highest BCUT2D eigenvalue weighted by Gasteiger charge is 2.11. The van der Waals surface area contributed by atoms with E-state index in [1.54, 1.807) is 11.3 Å². The van der Waals surface area contributed by atoms with Crippen molar-refractivity contribution in [2.24, 2.45) is 5.84 Å². The van der Waals surface area contributed by atoms with Crippen molar-refractivity contribution in [3.8, 4) is 11.1 Å². The molecule has 3 aromatic rings. The van der Waals surface area contributed by atoms with Crippen LogP contribution in [0.2, 0.25) is 0 Å². The summed E-state index contributed by atoms with van der Waals surface area (Å²) in [6.45, 7) is 2.07. The Morgan fingerprint density at radius 1 is 1.17 bits per heavy atom. The zero-order chi connectivity index (χ0) is 12.5. The molecular weight excluding hydrogens is 244 g/mol. The zero-order valence-electron chi connectivity index (χ0n) is 9.84. The van der Waals surface area contributed by atoms with Crippen molar-refractivity contribution in [3.63, 3.8) is 0 Å². The van der Waals surface area contributed by atoms with Crippen LogP contribution < -0.4 is 11.3 Å². The van der Waals surface area contributed by atoms with Crippen LogP contribution >= 0.6 is 11.3 Å². The van der Waals surface area contributed by atoms with E-state index in [0.717, 1.165) is 21.3 Å². The van der Waals surface area contributed by atoms with Gasteiger partial charge in [-0.15, -0.1) is 11.3 Å². The zero-order valence-corrected chi connectivity index (χ0v) is 10.7. The summed E-state index contributed by atoms with van der Waals surface area (Å²) in [6.07, 6.45) is 1.52. The Morgan fingerprint density at radius 3 is 2.67 bits per heavy atom. The van der Waals surface area contributed by atoms with Gasteiger partial charge < -0.3 is 5.43 Å². The highest BCUT2D eigenvalue weighted by molar-refractivity contribution is 7.17. The van der Waals surface area contributed by atoms with Crippen LogP contribution in [0, 0.1) is 6.92 Å². The fourth-order valence-electron chi connectivity index (χ4n) is 1.93. The molecule has 0 saturated heterocycles. The van der Waals surface area contributed by atoms with Crippen LogP contribution in [0.4, 0.5) is 5.82 Å². The van der Waals surface area contributed by atoms with Crippen molar-refractivity contribution in [2.45, 2.75) is 6.92 Å². The number of nitrogen functional groups attached to an aromatic ring is 1. The molecular formula is C13H12N4S. The van der Waals surface area contributed by atoms with Crippen molar-refractivity contribution >= 4 is 27.4 Å². The first kappa shape index (κ1) is 11.1. The van der Waals surface area contributed by atoms with Crippen LogP contribution in [0.3, 0.4) is 0 Å². The predicted molar refractivity (Wildman–Crippen MR) is 75.4 cm³/mol. The summed E-state index contributed by atoms with van der Waals surface area (Å²) in [6, 6.07) is 8.39. The van der Waals surface area contributed by atoms with E-state index in [0.29, 0.717) is 5.82 Å². The summed E-state index contributed by atoms with van der Waals surface area (Å²) >= 11 is 1.60. The molecule has 4 nitrogen and oxygen atoms in total. The number of rotatable bonds is 2. The van der Waals surface area contributed by atoms with Gasteiger partial charge >= 0.3 is 0 Å². The van der Waals surface area contributed by atoms with E-state index >= 15 is 0 Å². The summed E-state index contributed by atoms with van der Waals surface area (Å²) in [4.78, 5) is 9.36. The first-order chi connectivity index (χ1) is 8.79. The molecule has 5 heteroatoms. The van der Waals surface area contributed by atoms with Crippen LogP contribution in [-0.2, 0) is 0 Å². The van der Waals surface area contributed by atoms with Crippen LogP contribution in [0.5, 0.6) is 0 Å². The van der Waals surface area contributed by atoms with Gasteiger partial charge in [0.2, 0.25) is 0 Å². The lowest BCUT2D eigenvalue weighted by Gasteiger charge is -2.04. The molecule has 2 aromatic heterocycles. The SMILES string of the molecule is Cc1ccc(-c2csc3ncnc(NN)c23)cc1. The number of thiophene rings is 1.